The summed E-state index contributed by atoms with van der Waals surface area (Å²) in [6.07, 6.45) is 1.42. The second-order valence-electron chi connectivity index (χ2n) is 5.60. The van der Waals surface area contributed by atoms with Crippen LogP contribution in [0.5, 0.6) is 5.75 Å². The molecule has 0 atom stereocenters. The number of halogens is 2. The number of nitro benzene ring substituents is 1. The number of imide groups is 1. The van der Waals surface area contributed by atoms with Crippen molar-refractivity contribution in [2.45, 2.75) is 0 Å². The van der Waals surface area contributed by atoms with Crippen molar-refractivity contribution in [3.05, 3.63) is 73.1 Å². The van der Waals surface area contributed by atoms with Crippen LogP contribution in [0.25, 0.3) is 6.08 Å². The van der Waals surface area contributed by atoms with Gasteiger partial charge in [0.25, 0.3) is 16.8 Å². The van der Waals surface area contributed by atoms with E-state index in [2.05, 4.69) is 0 Å². The summed E-state index contributed by atoms with van der Waals surface area (Å²) >= 11 is 12.3. The van der Waals surface area contributed by atoms with E-state index in [4.69, 9.17) is 27.9 Å². The Balaban J connectivity index is 1.67. The summed E-state index contributed by atoms with van der Waals surface area (Å²) in [6, 6.07) is 10.9. The number of nitrogens with zero attached hydrogens (tertiary/aromatic N) is 2. The molecule has 0 aliphatic carbocycles. The maximum atomic E-state index is 12.5. The number of nitro groups is 1. The summed E-state index contributed by atoms with van der Waals surface area (Å²) in [6.45, 7) is 0.199. The summed E-state index contributed by atoms with van der Waals surface area (Å²) in [4.78, 5) is 36.2. The van der Waals surface area contributed by atoms with Crippen molar-refractivity contribution < 1.29 is 19.2 Å². The monoisotopic (exact) mass is 438 g/mol. The molecule has 0 aromatic heterocycles. The fourth-order valence-electron chi connectivity index (χ4n) is 2.39. The van der Waals surface area contributed by atoms with Crippen molar-refractivity contribution in [3.8, 4) is 5.75 Å². The first-order valence-corrected chi connectivity index (χ1v) is 9.50. The fourth-order valence-corrected chi connectivity index (χ4v) is 3.57. The van der Waals surface area contributed by atoms with Gasteiger partial charge in [-0.15, -0.1) is 0 Å². The van der Waals surface area contributed by atoms with Crippen LogP contribution in [0.15, 0.2) is 47.4 Å². The van der Waals surface area contributed by atoms with Crippen LogP contribution in [0.2, 0.25) is 10.0 Å². The molecule has 1 aliphatic rings. The molecule has 2 amide bonds. The van der Waals surface area contributed by atoms with E-state index in [9.17, 15) is 19.7 Å². The van der Waals surface area contributed by atoms with Crippen LogP contribution in [0.4, 0.5) is 10.5 Å². The van der Waals surface area contributed by atoms with Gasteiger partial charge >= 0.3 is 0 Å². The highest BCUT2D eigenvalue weighted by Gasteiger charge is 2.34. The number of thioether (sulfide) groups is 1. The third-order valence-electron chi connectivity index (χ3n) is 3.74. The molecule has 2 aromatic carbocycles. The van der Waals surface area contributed by atoms with Crippen LogP contribution < -0.4 is 4.74 Å². The lowest BCUT2D eigenvalue weighted by Gasteiger charge is -2.13. The smallest absolute Gasteiger partial charge is 0.293 e. The minimum Gasteiger partial charge on any atom is -0.492 e. The average molecular weight is 439 g/mol. The minimum absolute atomic E-state index is 0.00500. The van der Waals surface area contributed by atoms with Crippen LogP contribution in [0.1, 0.15) is 5.56 Å². The highest BCUT2D eigenvalue weighted by molar-refractivity contribution is 8.18. The van der Waals surface area contributed by atoms with Crippen LogP contribution in [-0.4, -0.2) is 34.1 Å². The first-order valence-electron chi connectivity index (χ1n) is 7.93. The van der Waals surface area contributed by atoms with Crippen molar-refractivity contribution in [2.24, 2.45) is 0 Å². The Hall–Kier alpha value is -2.55. The molecule has 10 heteroatoms. The van der Waals surface area contributed by atoms with Gasteiger partial charge in [-0.3, -0.25) is 24.6 Å². The summed E-state index contributed by atoms with van der Waals surface area (Å²) in [7, 11) is 0. The molecule has 0 bridgehead atoms. The van der Waals surface area contributed by atoms with Crippen LogP contribution >= 0.6 is 35.0 Å². The fraction of sp³-hybridized carbons (Fsp3) is 0.111. The van der Waals surface area contributed by atoms with Gasteiger partial charge in [-0.1, -0.05) is 29.3 Å². The number of amides is 2. The van der Waals surface area contributed by atoms with E-state index >= 15 is 0 Å². The van der Waals surface area contributed by atoms with Gasteiger partial charge < -0.3 is 4.74 Å². The summed E-state index contributed by atoms with van der Waals surface area (Å²) < 4.78 is 5.51. The van der Waals surface area contributed by atoms with Crippen molar-refractivity contribution in [3.63, 3.8) is 0 Å². The molecule has 144 valence electrons. The van der Waals surface area contributed by atoms with E-state index < -0.39 is 16.1 Å². The predicted molar refractivity (Wildman–Crippen MR) is 108 cm³/mol. The summed E-state index contributed by atoms with van der Waals surface area (Å²) in [5.41, 5.74) is 0.130. The molecule has 3 rings (SSSR count). The maximum absolute atomic E-state index is 12.5. The zero-order valence-corrected chi connectivity index (χ0v) is 16.5. The molecule has 0 saturated carbocycles. The summed E-state index contributed by atoms with van der Waals surface area (Å²) in [5, 5.41) is 11.1. The van der Waals surface area contributed by atoms with E-state index in [-0.39, 0.29) is 28.8 Å². The van der Waals surface area contributed by atoms with Gasteiger partial charge in [0.05, 0.1) is 16.4 Å². The van der Waals surface area contributed by atoms with Gasteiger partial charge in [-0.25, -0.2) is 0 Å². The van der Waals surface area contributed by atoms with E-state index in [1.807, 2.05) is 0 Å². The Morgan fingerprint density at radius 2 is 1.86 bits per heavy atom. The lowest BCUT2D eigenvalue weighted by atomic mass is 10.2. The van der Waals surface area contributed by atoms with Crippen molar-refractivity contribution in [1.29, 1.82) is 0 Å². The molecule has 1 saturated heterocycles. The zero-order valence-electron chi connectivity index (χ0n) is 14.1. The maximum Gasteiger partial charge on any atom is 0.293 e. The number of carbonyl (C=O) groups excluding carboxylic acids is 2. The summed E-state index contributed by atoms with van der Waals surface area (Å²) in [5.74, 6) is 0.0905. The van der Waals surface area contributed by atoms with Gasteiger partial charge in [0.1, 0.15) is 17.4 Å². The van der Waals surface area contributed by atoms with E-state index in [1.54, 1.807) is 24.3 Å². The Morgan fingerprint density at radius 1 is 1.14 bits per heavy atom. The molecule has 28 heavy (non-hydrogen) atoms. The first-order chi connectivity index (χ1) is 13.3. The SMILES string of the molecule is O=C1S/C(=C\c2ccc(Cl)c([N+](=O)[O-])c2)C(=O)N1CCOc1ccc(Cl)cc1. The number of ether oxygens (including phenoxy) is 1. The number of hydrogen-bond acceptors (Lipinski definition) is 6. The lowest BCUT2D eigenvalue weighted by molar-refractivity contribution is -0.384. The average Bonchev–Trinajstić information content (AvgIpc) is 2.92. The number of benzene rings is 2. The normalized spacial score (nSPS) is 15.4. The zero-order chi connectivity index (χ0) is 20.3. The van der Waals surface area contributed by atoms with E-state index in [0.717, 1.165) is 16.7 Å². The van der Waals surface area contributed by atoms with Gasteiger partial charge in [0, 0.05) is 11.1 Å². The Kier molecular flexibility index (Phi) is 6.23. The molecule has 1 fully saturated rings. The second kappa shape index (κ2) is 8.64. The van der Waals surface area contributed by atoms with Crippen LogP contribution in [0.3, 0.4) is 0 Å². The van der Waals surface area contributed by atoms with Crippen molar-refractivity contribution in [2.75, 3.05) is 13.2 Å². The van der Waals surface area contributed by atoms with Gasteiger partial charge in [-0.2, -0.15) is 0 Å². The molecule has 7 nitrogen and oxygen atoms in total. The molecule has 0 unspecified atom stereocenters. The van der Waals surface area contributed by atoms with Gasteiger partial charge in [-0.05, 0) is 53.7 Å². The quantitative estimate of drug-likeness (QED) is 0.357. The minimum atomic E-state index is -0.612. The number of hydrogen-bond donors (Lipinski definition) is 0. The Morgan fingerprint density at radius 3 is 2.54 bits per heavy atom. The van der Waals surface area contributed by atoms with Gasteiger partial charge in [0.2, 0.25) is 0 Å². The van der Waals surface area contributed by atoms with Crippen molar-refractivity contribution >= 4 is 57.9 Å². The van der Waals surface area contributed by atoms with E-state index in [0.29, 0.717) is 16.3 Å². The predicted octanol–water partition coefficient (Wildman–Crippen LogP) is 5.02. The molecule has 0 spiro atoms. The van der Waals surface area contributed by atoms with Crippen LogP contribution in [0, 0.1) is 10.1 Å². The standard InChI is InChI=1S/C18H12Cl2N2O5S/c19-12-2-4-13(5-3-12)27-8-7-21-17(23)16(28-18(21)24)10-11-1-6-14(20)15(9-11)22(25)26/h1-6,9-10H,7-8H2/b16-10-. The molecule has 1 aliphatic heterocycles. The molecular formula is C18H12Cl2N2O5S. The highest BCUT2D eigenvalue weighted by atomic mass is 35.5. The third kappa shape index (κ3) is 4.64. The number of rotatable bonds is 6. The molecule has 1 heterocycles. The second-order valence-corrected chi connectivity index (χ2v) is 7.44. The highest BCUT2D eigenvalue weighted by Crippen LogP contribution is 2.33. The molecule has 0 N–H and O–H groups in total. The third-order valence-corrected chi connectivity index (χ3v) is 5.21. The Bertz CT molecular complexity index is 978. The number of carbonyl (C=O) groups is 2. The topological polar surface area (TPSA) is 89.8 Å². The molecular weight excluding hydrogens is 427 g/mol. The lowest BCUT2D eigenvalue weighted by Crippen LogP contribution is -2.32. The first kappa shape index (κ1) is 20.2. The molecule has 2 aromatic rings. The largest absolute Gasteiger partial charge is 0.492 e. The molecule has 0 radical (unpaired) electrons. The Labute approximate surface area is 174 Å². The van der Waals surface area contributed by atoms with Crippen molar-refractivity contribution in [1.82, 2.24) is 4.90 Å². The van der Waals surface area contributed by atoms with Crippen LogP contribution in [-0.2, 0) is 4.79 Å². The van der Waals surface area contributed by atoms with Gasteiger partial charge in [0.15, 0.2) is 0 Å². The van der Waals surface area contributed by atoms with E-state index in [1.165, 1.54) is 24.3 Å².